The van der Waals surface area contributed by atoms with Crippen LogP contribution in [0.1, 0.15) is 36.2 Å². The van der Waals surface area contributed by atoms with E-state index in [0.717, 1.165) is 16.7 Å². The molecule has 1 fully saturated rings. The number of amides is 2. The second-order valence-electron chi connectivity index (χ2n) is 7.31. The van der Waals surface area contributed by atoms with Gasteiger partial charge in [-0.2, -0.15) is 0 Å². The number of benzene rings is 2. The van der Waals surface area contributed by atoms with Crippen LogP contribution >= 0.6 is 11.8 Å². The average Bonchev–Trinajstić information content (AvgIpc) is 3.10. The molecule has 12 heteroatoms. The summed E-state index contributed by atoms with van der Waals surface area (Å²) in [6.45, 7) is 3.28. The van der Waals surface area contributed by atoms with Crippen LogP contribution in [-0.4, -0.2) is 46.3 Å². The Balaban J connectivity index is 1.94. The summed E-state index contributed by atoms with van der Waals surface area (Å²) in [5.74, 6) is -8.76. The van der Waals surface area contributed by atoms with Crippen LogP contribution in [0.2, 0.25) is 0 Å². The molecule has 0 bridgehead atoms. The van der Waals surface area contributed by atoms with Gasteiger partial charge in [0.25, 0.3) is 0 Å². The van der Waals surface area contributed by atoms with Gasteiger partial charge in [0.05, 0.1) is 24.4 Å². The summed E-state index contributed by atoms with van der Waals surface area (Å²) in [5, 5.41) is 1.69. The fourth-order valence-electron chi connectivity index (χ4n) is 3.21. The molecule has 0 spiro atoms. The molecular formula is C23H21F4N3O4S. The number of aliphatic imine (C=N–C) groups is 1. The second kappa shape index (κ2) is 11.3. The van der Waals surface area contributed by atoms with Gasteiger partial charge in [0.2, 0.25) is 11.8 Å². The fourth-order valence-corrected chi connectivity index (χ4v) is 4.37. The summed E-state index contributed by atoms with van der Waals surface area (Å²) in [6, 6.07) is 6.35. The summed E-state index contributed by atoms with van der Waals surface area (Å²) in [7, 11) is 0. The number of hydrogen-bond donors (Lipinski definition) is 1. The van der Waals surface area contributed by atoms with Crippen molar-refractivity contribution in [3.63, 3.8) is 0 Å². The SMILES string of the molecule is CCNC(=O)CC1SC(=Nc2ccc(C(=O)OCC)cc2)N(Cc2cc(F)c(F)c(F)c2F)C1=O. The van der Waals surface area contributed by atoms with Crippen LogP contribution in [0.3, 0.4) is 0 Å². The van der Waals surface area contributed by atoms with Crippen molar-refractivity contribution in [1.29, 1.82) is 0 Å². The largest absolute Gasteiger partial charge is 0.462 e. The van der Waals surface area contributed by atoms with Crippen LogP contribution in [0.5, 0.6) is 0 Å². The zero-order chi connectivity index (χ0) is 25.7. The molecule has 1 saturated heterocycles. The number of carbonyl (C=O) groups excluding carboxylic acids is 3. The number of rotatable bonds is 8. The van der Waals surface area contributed by atoms with E-state index in [4.69, 9.17) is 4.74 Å². The van der Waals surface area contributed by atoms with Gasteiger partial charge in [0.15, 0.2) is 28.4 Å². The van der Waals surface area contributed by atoms with E-state index in [1.807, 2.05) is 0 Å². The number of nitrogens with one attached hydrogen (secondary N) is 1. The van der Waals surface area contributed by atoms with Crippen molar-refractivity contribution in [3.8, 4) is 0 Å². The molecule has 2 amide bonds. The number of hydrogen-bond acceptors (Lipinski definition) is 6. The van der Waals surface area contributed by atoms with Crippen LogP contribution < -0.4 is 5.32 Å². The highest BCUT2D eigenvalue weighted by Gasteiger charge is 2.40. The first-order valence-electron chi connectivity index (χ1n) is 10.6. The number of thioether (sulfide) groups is 1. The minimum Gasteiger partial charge on any atom is -0.462 e. The Morgan fingerprint density at radius 3 is 2.40 bits per heavy atom. The molecule has 1 heterocycles. The van der Waals surface area contributed by atoms with Crippen molar-refractivity contribution in [3.05, 3.63) is 64.7 Å². The first-order valence-corrected chi connectivity index (χ1v) is 11.5. The van der Waals surface area contributed by atoms with Crippen LogP contribution in [0.25, 0.3) is 0 Å². The third kappa shape index (κ3) is 5.99. The lowest BCUT2D eigenvalue weighted by Crippen LogP contribution is -2.34. The van der Waals surface area contributed by atoms with Crippen molar-refractivity contribution >= 4 is 40.4 Å². The van der Waals surface area contributed by atoms with E-state index in [0.29, 0.717) is 18.3 Å². The Labute approximate surface area is 202 Å². The standard InChI is InChI=1S/C23H21F4N3O4S/c1-3-28-17(31)10-16-21(32)30(11-13-9-15(24)19(26)20(27)18(13)25)23(35-16)29-14-7-5-12(6-8-14)22(33)34-4-2/h5-9,16H,3-4,10-11H2,1-2H3,(H,28,31). The molecule has 1 unspecified atom stereocenters. The maximum Gasteiger partial charge on any atom is 0.338 e. The van der Waals surface area contributed by atoms with Gasteiger partial charge >= 0.3 is 5.97 Å². The molecule has 7 nitrogen and oxygen atoms in total. The predicted octanol–water partition coefficient (Wildman–Crippen LogP) is 4.08. The summed E-state index contributed by atoms with van der Waals surface area (Å²) >= 11 is 0.921. The highest BCUT2D eigenvalue weighted by atomic mass is 32.2. The maximum absolute atomic E-state index is 14.3. The van der Waals surface area contributed by atoms with Gasteiger partial charge in [0, 0.05) is 18.5 Å². The van der Waals surface area contributed by atoms with Crippen molar-refractivity contribution in [2.24, 2.45) is 4.99 Å². The summed E-state index contributed by atoms with van der Waals surface area (Å²) in [4.78, 5) is 42.2. The third-order valence-corrected chi connectivity index (χ3v) is 6.05. The average molecular weight is 511 g/mol. The zero-order valence-electron chi connectivity index (χ0n) is 18.7. The quantitative estimate of drug-likeness (QED) is 0.250. The van der Waals surface area contributed by atoms with Gasteiger partial charge in [0.1, 0.15) is 5.25 Å². The smallest absolute Gasteiger partial charge is 0.338 e. The van der Waals surface area contributed by atoms with E-state index < -0.39 is 58.4 Å². The monoisotopic (exact) mass is 511 g/mol. The lowest BCUT2D eigenvalue weighted by Gasteiger charge is -2.17. The van der Waals surface area contributed by atoms with E-state index in [2.05, 4.69) is 10.3 Å². The summed E-state index contributed by atoms with van der Waals surface area (Å²) in [5.41, 5.74) is -0.00966. The number of nitrogens with zero attached hydrogens (tertiary/aromatic N) is 2. The van der Waals surface area contributed by atoms with Crippen molar-refractivity contribution in [2.45, 2.75) is 32.1 Å². The molecule has 0 aromatic heterocycles. The van der Waals surface area contributed by atoms with E-state index in [1.165, 1.54) is 24.3 Å². The first kappa shape index (κ1) is 26.2. The number of carbonyl (C=O) groups is 3. The highest BCUT2D eigenvalue weighted by molar-refractivity contribution is 8.15. The van der Waals surface area contributed by atoms with Crippen LogP contribution in [-0.2, 0) is 20.9 Å². The predicted molar refractivity (Wildman–Crippen MR) is 121 cm³/mol. The second-order valence-corrected chi connectivity index (χ2v) is 8.48. The van der Waals surface area contributed by atoms with Gasteiger partial charge in [-0.05, 0) is 44.2 Å². The minimum atomic E-state index is -1.99. The normalized spacial score (nSPS) is 16.6. The number of esters is 1. The van der Waals surface area contributed by atoms with E-state index >= 15 is 0 Å². The fraction of sp³-hybridized carbons (Fsp3) is 0.304. The molecule has 3 rings (SSSR count). The molecule has 1 aliphatic rings. The summed E-state index contributed by atoms with van der Waals surface area (Å²) in [6.07, 6.45) is -0.205. The Morgan fingerprint density at radius 2 is 1.77 bits per heavy atom. The van der Waals surface area contributed by atoms with E-state index in [9.17, 15) is 31.9 Å². The van der Waals surface area contributed by atoms with Crippen molar-refractivity contribution < 1.29 is 36.7 Å². The van der Waals surface area contributed by atoms with Gasteiger partial charge in [-0.1, -0.05) is 11.8 Å². The highest BCUT2D eigenvalue weighted by Crippen LogP contribution is 2.33. The Bertz CT molecular complexity index is 1170. The number of ether oxygens (including phenoxy) is 1. The van der Waals surface area contributed by atoms with Gasteiger partial charge in [-0.25, -0.2) is 27.3 Å². The lowest BCUT2D eigenvalue weighted by atomic mass is 10.1. The summed E-state index contributed by atoms with van der Waals surface area (Å²) < 4.78 is 60.0. The third-order valence-electron chi connectivity index (χ3n) is 4.87. The molecule has 186 valence electrons. The molecule has 35 heavy (non-hydrogen) atoms. The first-order chi connectivity index (χ1) is 16.7. The molecular weight excluding hydrogens is 490 g/mol. The lowest BCUT2D eigenvalue weighted by molar-refractivity contribution is -0.129. The molecule has 1 N–H and O–H groups in total. The van der Waals surface area contributed by atoms with E-state index in [1.54, 1.807) is 13.8 Å². The molecule has 1 aliphatic heterocycles. The van der Waals surface area contributed by atoms with Crippen LogP contribution in [0.4, 0.5) is 23.2 Å². The molecule has 1 atom stereocenters. The minimum absolute atomic E-state index is 0.0396. The van der Waals surface area contributed by atoms with Gasteiger partial charge in [-0.15, -0.1) is 0 Å². The van der Waals surface area contributed by atoms with Crippen LogP contribution in [0.15, 0.2) is 35.3 Å². The van der Waals surface area contributed by atoms with Gasteiger partial charge in [-0.3, -0.25) is 14.5 Å². The maximum atomic E-state index is 14.3. The molecule has 0 aliphatic carbocycles. The van der Waals surface area contributed by atoms with E-state index in [-0.39, 0.29) is 23.8 Å². The Hall–Kier alpha value is -3.41. The zero-order valence-corrected chi connectivity index (χ0v) is 19.6. The number of halogens is 4. The van der Waals surface area contributed by atoms with Crippen molar-refractivity contribution in [2.75, 3.05) is 13.2 Å². The number of amidine groups is 1. The van der Waals surface area contributed by atoms with Crippen molar-refractivity contribution in [1.82, 2.24) is 10.2 Å². The van der Waals surface area contributed by atoms with Gasteiger partial charge < -0.3 is 10.1 Å². The van der Waals surface area contributed by atoms with Crippen LogP contribution in [0, 0.1) is 23.3 Å². The molecule has 2 aromatic rings. The Kier molecular flexibility index (Phi) is 8.49. The Morgan fingerprint density at radius 1 is 1.09 bits per heavy atom. The molecule has 2 aromatic carbocycles. The molecule has 0 saturated carbocycles. The molecule has 0 radical (unpaired) electrons. The topological polar surface area (TPSA) is 88.1 Å².